The number of imide groups is 1. The van der Waals surface area contributed by atoms with Crippen LogP contribution < -0.4 is 5.32 Å². The minimum Gasteiger partial charge on any atom is -0.340 e. The fourth-order valence-corrected chi connectivity index (χ4v) is 4.73. The fourth-order valence-electron chi connectivity index (χ4n) is 4.73. The molecule has 2 fully saturated rings. The summed E-state index contributed by atoms with van der Waals surface area (Å²) in [6, 6.07) is 7.54. The van der Waals surface area contributed by atoms with Crippen LogP contribution in [0.25, 0.3) is 11.0 Å². The second kappa shape index (κ2) is 7.74. The van der Waals surface area contributed by atoms with Crippen LogP contribution in [0.15, 0.2) is 24.3 Å². The largest absolute Gasteiger partial charge is 0.340 e. The number of hydrogen-bond donors (Lipinski definition) is 1. The number of likely N-dealkylation sites (tertiary alicyclic amines) is 1. The molecule has 3 heterocycles. The van der Waals surface area contributed by atoms with Crippen molar-refractivity contribution in [2.45, 2.75) is 51.0 Å². The van der Waals surface area contributed by atoms with Gasteiger partial charge >= 0.3 is 6.03 Å². The van der Waals surface area contributed by atoms with Gasteiger partial charge in [-0.3, -0.25) is 14.5 Å². The van der Waals surface area contributed by atoms with Crippen molar-refractivity contribution in [3.8, 4) is 0 Å². The molecule has 0 saturated carbocycles. The number of urea groups is 1. The van der Waals surface area contributed by atoms with Crippen LogP contribution in [-0.4, -0.2) is 62.4 Å². The number of amides is 4. The molecule has 0 aliphatic carbocycles. The topological polar surface area (TPSA) is 87.5 Å². The lowest BCUT2D eigenvalue weighted by Gasteiger charge is -2.33. The van der Waals surface area contributed by atoms with E-state index in [1.165, 1.54) is 0 Å². The molecule has 2 aromatic rings. The number of carbonyl (C=O) groups excluding carboxylic acids is 3. The molecule has 8 nitrogen and oxygen atoms in total. The first-order valence-electron chi connectivity index (χ1n) is 10.7. The smallest absolute Gasteiger partial charge is 0.325 e. The number of piperidine rings is 1. The van der Waals surface area contributed by atoms with Gasteiger partial charge in [0, 0.05) is 26.1 Å². The highest BCUT2D eigenvalue weighted by atomic mass is 16.2. The van der Waals surface area contributed by atoms with E-state index < -0.39 is 11.6 Å². The van der Waals surface area contributed by atoms with E-state index in [0.717, 1.165) is 34.6 Å². The predicted molar refractivity (Wildman–Crippen MR) is 113 cm³/mol. The quantitative estimate of drug-likeness (QED) is 0.766. The molecule has 0 spiro atoms. The molecule has 30 heavy (non-hydrogen) atoms. The summed E-state index contributed by atoms with van der Waals surface area (Å²) in [7, 11) is 2.01. The van der Waals surface area contributed by atoms with Crippen LogP contribution in [0.1, 0.15) is 51.3 Å². The highest BCUT2D eigenvalue weighted by Crippen LogP contribution is 2.29. The van der Waals surface area contributed by atoms with E-state index in [4.69, 9.17) is 4.98 Å². The molecule has 2 aliphatic rings. The molecular formula is C22H29N5O3. The maximum Gasteiger partial charge on any atom is 0.325 e. The van der Waals surface area contributed by atoms with Crippen LogP contribution in [0, 0.1) is 0 Å². The van der Waals surface area contributed by atoms with Crippen molar-refractivity contribution in [2.24, 2.45) is 7.05 Å². The Morgan fingerprint density at radius 3 is 2.63 bits per heavy atom. The zero-order chi connectivity index (χ0) is 21.5. The molecule has 1 atom stereocenters. The van der Waals surface area contributed by atoms with Crippen molar-refractivity contribution in [1.29, 1.82) is 0 Å². The Morgan fingerprint density at radius 1 is 1.23 bits per heavy atom. The molecule has 4 amide bonds. The standard InChI is InChI=1S/C22H29N5O3/c1-4-22(5-2)20(29)27(21(30)24-22)14-18(28)26-12-8-9-15(13-26)19-23-16-10-6-7-11-17(16)25(19)3/h6-7,10-11,15H,4-5,8-9,12-14H2,1-3H3,(H,24,30)/t15-/m0/s1. The maximum absolute atomic E-state index is 13.0. The van der Waals surface area contributed by atoms with Crippen molar-refractivity contribution in [3.63, 3.8) is 0 Å². The van der Waals surface area contributed by atoms with Gasteiger partial charge in [0.05, 0.1) is 11.0 Å². The molecule has 0 radical (unpaired) electrons. The van der Waals surface area contributed by atoms with E-state index in [1.54, 1.807) is 4.90 Å². The van der Waals surface area contributed by atoms with Gasteiger partial charge in [-0.2, -0.15) is 0 Å². The van der Waals surface area contributed by atoms with E-state index >= 15 is 0 Å². The third kappa shape index (κ3) is 3.24. The number of fused-ring (bicyclic) bond motifs is 1. The molecule has 1 aromatic heterocycles. The molecular weight excluding hydrogens is 382 g/mol. The van der Waals surface area contributed by atoms with E-state index in [0.29, 0.717) is 25.9 Å². The first-order chi connectivity index (χ1) is 14.4. The van der Waals surface area contributed by atoms with Crippen LogP contribution in [0.2, 0.25) is 0 Å². The molecule has 1 N–H and O–H groups in total. The monoisotopic (exact) mass is 411 g/mol. The lowest BCUT2D eigenvalue weighted by Crippen LogP contribution is -2.48. The lowest BCUT2D eigenvalue weighted by atomic mass is 9.93. The van der Waals surface area contributed by atoms with E-state index in [1.807, 2.05) is 45.2 Å². The van der Waals surface area contributed by atoms with Gasteiger partial charge in [0.2, 0.25) is 5.91 Å². The maximum atomic E-state index is 13.0. The average Bonchev–Trinajstić information content (AvgIpc) is 3.23. The number of rotatable bonds is 5. The summed E-state index contributed by atoms with van der Waals surface area (Å²) in [4.78, 5) is 45.8. The van der Waals surface area contributed by atoms with Crippen molar-refractivity contribution >= 4 is 28.9 Å². The third-order valence-corrected chi connectivity index (χ3v) is 6.71. The van der Waals surface area contributed by atoms with Gasteiger partial charge in [0.1, 0.15) is 17.9 Å². The second-order valence-corrected chi connectivity index (χ2v) is 8.31. The molecule has 0 bridgehead atoms. The van der Waals surface area contributed by atoms with Crippen molar-refractivity contribution in [1.82, 2.24) is 24.7 Å². The number of hydrogen-bond acceptors (Lipinski definition) is 4. The third-order valence-electron chi connectivity index (χ3n) is 6.71. The number of carbonyl (C=O) groups is 3. The Bertz CT molecular complexity index is 994. The molecule has 2 saturated heterocycles. The van der Waals surface area contributed by atoms with Gasteiger partial charge in [-0.25, -0.2) is 9.78 Å². The SMILES string of the molecule is CCC1(CC)NC(=O)N(CC(=O)N2CCC[C@H](c3nc4ccccc4n3C)C2)C1=O. The molecule has 8 heteroatoms. The van der Waals surface area contributed by atoms with Gasteiger partial charge in [0.15, 0.2) is 0 Å². The zero-order valence-corrected chi connectivity index (χ0v) is 17.9. The van der Waals surface area contributed by atoms with Gasteiger partial charge in [-0.15, -0.1) is 0 Å². The van der Waals surface area contributed by atoms with Crippen molar-refractivity contribution in [2.75, 3.05) is 19.6 Å². The molecule has 2 aliphatic heterocycles. The molecule has 4 rings (SSSR count). The molecule has 0 unspecified atom stereocenters. The van der Waals surface area contributed by atoms with E-state index in [-0.39, 0.29) is 24.3 Å². The first kappa shape index (κ1) is 20.4. The van der Waals surface area contributed by atoms with E-state index in [2.05, 4.69) is 9.88 Å². The van der Waals surface area contributed by atoms with Crippen molar-refractivity contribution < 1.29 is 14.4 Å². The van der Waals surface area contributed by atoms with Gasteiger partial charge < -0.3 is 14.8 Å². The summed E-state index contributed by atoms with van der Waals surface area (Å²) >= 11 is 0. The van der Waals surface area contributed by atoms with Gasteiger partial charge in [-0.1, -0.05) is 26.0 Å². The summed E-state index contributed by atoms with van der Waals surface area (Å²) < 4.78 is 2.10. The minimum absolute atomic E-state index is 0.133. The molecule has 1 aromatic carbocycles. The van der Waals surface area contributed by atoms with Gasteiger partial charge in [-0.05, 0) is 37.8 Å². The van der Waals surface area contributed by atoms with Crippen LogP contribution in [0.4, 0.5) is 4.79 Å². The predicted octanol–water partition coefficient (Wildman–Crippen LogP) is 2.39. The Balaban J connectivity index is 1.48. The number of para-hydroxylation sites is 2. The number of aromatic nitrogens is 2. The highest BCUT2D eigenvalue weighted by molar-refractivity contribution is 6.09. The Labute approximate surface area is 176 Å². The zero-order valence-electron chi connectivity index (χ0n) is 17.9. The Morgan fingerprint density at radius 2 is 1.97 bits per heavy atom. The Hall–Kier alpha value is -2.90. The first-order valence-corrected chi connectivity index (χ1v) is 10.7. The van der Waals surface area contributed by atoms with E-state index in [9.17, 15) is 14.4 Å². The number of benzene rings is 1. The number of nitrogens with zero attached hydrogens (tertiary/aromatic N) is 4. The minimum atomic E-state index is -0.880. The van der Waals surface area contributed by atoms with Crippen molar-refractivity contribution in [3.05, 3.63) is 30.1 Å². The molecule has 160 valence electrons. The second-order valence-electron chi connectivity index (χ2n) is 8.31. The summed E-state index contributed by atoms with van der Waals surface area (Å²) in [6.07, 6.45) is 2.85. The fraction of sp³-hybridized carbons (Fsp3) is 0.545. The van der Waals surface area contributed by atoms with Crippen LogP contribution in [0.5, 0.6) is 0 Å². The lowest BCUT2D eigenvalue weighted by molar-refractivity contribution is -0.139. The summed E-state index contributed by atoms with van der Waals surface area (Å²) in [5, 5.41) is 2.79. The van der Waals surface area contributed by atoms with Crippen LogP contribution in [-0.2, 0) is 16.6 Å². The summed E-state index contributed by atoms with van der Waals surface area (Å²) in [5.41, 5.74) is 1.15. The highest BCUT2D eigenvalue weighted by Gasteiger charge is 2.49. The summed E-state index contributed by atoms with van der Waals surface area (Å²) in [5.74, 6) is 0.619. The van der Waals surface area contributed by atoms with Crippen LogP contribution >= 0.6 is 0 Å². The summed E-state index contributed by atoms with van der Waals surface area (Å²) in [6.45, 7) is 4.72. The van der Waals surface area contributed by atoms with Gasteiger partial charge in [0.25, 0.3) is 5.91 Å². The number of aryl methyl sites for hydroxylation is 1. The number of imidazole rings is 1. The normalized spacial score (nSPS) is 21.4. The number of nitrogens with one attached hydrogen (secondary N) is 1. The Kier molecular flexibility index (Phi) is 5.26. The average molecular weight is 412 g/mol. The van der Waals surface area contributed by atoms with Crippen LogP contribution in [0.3, 0.4) is 0 Å².